The number of benzene rings is 1. The lowest BCUT2D eigenvalue weighted by molar-refractivity contribution is -0.133. The number of nitrogens with zero attached hydrogens (tertiary/aromatic N) is 3. The van der Waals surface area contributed by atoms with E-state index in [0.717, 1.165) is 10.7 Å². The van der Waals surface area contributed by atoms with Gasteiger partial charge < -0.3 is 9.80 Å². The summed E-state index contributed by atoms with van der Waals surface area (Å²) < 4.78 is 13.7. The summed E-state index contributed by atoms with van der Waals surface area (Å²) in [6, 6.07) is 6.55. The summed E-state index contributed by atoms with van der Waals surface area (Å²) >= 11 is 1.59. The number of amides is 2. The van der Waals surface area contributed by atoms with Gasteiger partial charge in [0, 0.05) is 37.4 Å². The maximum Gasteiger partial charge on any atom is 0.228 e. The fraction of sp³-hybridized carbons (Fsp3) is 0.450. The van der Waals surface area contributed by atoms with Crippen LogP contribution < -0.4 is 0 Å². The first kappa shape index (κ1) is 18.1. The van der Waals surface area contributed by atoms with Gasteiger partial charge in [0.05, 0.1) is 23.2 Å². The predicted octanol–water partition coefficient (Wildman–Crippen LogP) is 2.64. The zero-order valence-electron chi connectivity index (χ0n) is 15.2. The van der Waals surface area contributed by atoms with Crippen LogP contribution in [0.25, 0.3) is 0 Å². The van der Waals surface area contributed by atoms with Gasteiger partial charge in [-0.25, -0.2) is 9.37 Å². The van der Waals surface area contributed by atoms with E-state index in [1.165, 1.54) is 6.07 Å². The van der Waals surface area contributed by atoms with E-state index in [2.05, 4.69) is 4.98 Å². The summed E-state index contributed by atoms with van der Waals surface area (Å²) in [7, 11) is 0. The summed E-state index contributed by atoms with van der Waals surface area (Å²) in [6.07, 6.45) is 0.664. The van der Waals surface area contributed by atoms with Gasteiger partial charge >= 0.3 is 0 Å². The van der Waals surface area contributed by atoms with Gasteiger partial charge in [0.1, 0.15) is 5.82 Å². The number of fused-ring (bicyclic) bond motifs is 1. The summed E-state index contributed by atoms with van der Waals surface area (Å²) in [5.74, 6) is -0.0688. The van der Waals surface area contributed by atoms with Crippen LogP contribution in [0.4, 0.5) is 4.39 Å². The number of carbonyl (C=O) groups is 2. The van der Waals surface area contributed by atoms with Crippen molar-refractivity contribution in [1.29, 1.82) is 0 Å². The van der Waals surface area contributed by atoms with Crippen LogP contribution >= 0.6 is 11.3 Å². The van der Waals surface area contributed by atoms with E-state index in [-0.39, 0.29) is 35.9 Å². The minimum atomic E-state index is -0.272. The third-order valence-electron chi connectivity index (χ3n) is 5.46. The van der Waals surface area contributed by atoms with Gasteiger partial charge in [0.25, 0.3) is 0 Å². The van der Waals surface area contributed by atoms with Crippen molar-refractivity contribution in [3.63, 3.8) is 0 Å². The van der Waals surface area contributed by atoms with Gasteiger partial charge in [0.15, 0.2) is 0 Å². The minimum absolute atomic E-state index is 0.00197. The van der Waals surface area contributed by atoms with E-state index in [4.69, 9.17) is 0 Å². The Balaban J connectivity index is 1.31. The lowest BCUT2D eigenvalue weighted by Gasteiger charge is -2.21. The Labute approximate surface area is 161 Å². The molecule has 3 heterocycles. The van der Waals surface area contributed by atoms with Crippen LogP contribution in [0.5, 0.6) is 0 Å². The van der Waals surface area contributed by atoms with Gasteiger partial charge in [0.2, 0.25) is 11.8 Å². The van der Waals surface area contributed by atoms with Crippen LogP contribution in [0.3, 0.4) is 0 Å². The van der Waals surface area contributed by atoms with Crippen LogP contribution in [-0.2, 0) is 22.6 Å². The van der Waals surface area contributed by atoms with Crippen molar-refractivity contribution in [3.05, 3.63) is 51.7 Å². The van der Waals surface area contributed by atoms with Gasteiger partial charge in [-0.1, -0.05) is 18.2 Å². The Morgan fingerprint density at radius 1 is 1.30 bits per heavy atom. The normalized spacial score (nSPS) is 21.8. The third kappa shape index (κ3) is 3.74. The minimum Gasteiger partial charge on any atom is -0.342 e. The van der Waals surface area contributed by atoms with Crippen molar-refractivity contribution in [3.8, 4) is 0 Å². The van der Waals surface area contributed by atoms with E-state index in [1.54, 1.807) is 34.4 Å². The van der Waals surface area contributed by atoms with Gasteiger partial charge in [-0.3, -0.25) is 9.59 Å². The molecular formula is C20H22FN3O2S. The molecule has 2 fully saturated rings. The lowest BCUT2D eigenvalue weighted by atomic mass is 10.0. The molecule has 2 atom stereocenters. The quantitative estimate of drug-likeness (QED) is 0.793. The molecule has 2 amide bonds. The highest BCUT2D eigenvalue weighted by molar-refractivity contribution is 7.09. The second kappa shape index (κ2) is 7.38. The molecule has 1 aromatic heterocycles. The molecule has 0 N–H and O–H groups in total. The largest absolute Gasteiger partial charge is 0.342 e. The molecule has 4 rings (SSSR count). The third-order valence-corrected chi connectivity index (χ3v) is 6.29. The number of carbonyl (C=O) groups excluding carboxylic acids is 2. The van der Waals surface area contributed by atoms with Crippen LogP contribution in [0.1, 0.15) is 22.7 Å². The van der Waals surface area contributed by atoms with E-state index in [0.29, 0.717) is 38.2 Å². The molecule has 0 aliphatic carbocycles. The summed E-state index contributed by atoms with van der Waals surface area (Å²) in [6.45, 7) is 4.28. The summed E-state index contributed by atoms with van der Waals surface area (Å²) in [4.78, 5) is 33.3. The zero-order valence-corrected chi connectivity index (χ0v) is 16.0. The van der Waals surface area contributed by atoms with E-state index in [9.17, 15) is 14.0 Å². The molecule has 27 heavy (non-hydrogen) atoms. The van der Waals surface area contributed by atoms with E-state index in [1.807, 2.05) is 17.2 Å². The zero-order chi connectivity index (χ0) is 19.0. The molecular weight excluding hydrogens is 365 g/mol. The Morgan fingerprint density at radius 2 is 2.11 bits per heavy atom. The molecule has 142 valence electrons. The van der Waals surface area contributed by atoms with Crippen LogP contribution in [-0.4, -0.2) is 46.2 Å². The number of halogens is 1. The maximum atomic E-state index is 13.7. The highest BCUT2D eigenvalue weighted by Crippen LogP contribution is 2.33. The standard InChI is InChI=1S/C20H22FN3O2S/c1-13-22-16(12-27-13)10-24-9-15-8-23(11-17(15)20(24)26)19(25)7-6-14-4-2-3-5-18(14)21/h2-5,12,15,17H,6-11H2,1H3/t15-,17-/m0/s1. The van der Waals surface area contributed by atoms with Gasteiger partial charge in [-0.05, 0) is 25.0 Å². The SMILES string of the molecule is Cc1nc(CN2C[C@@H]3CN(C(=O)CCc4ccccc4F)C[C@@H]3C2=O)cs1. The Hall–Kier alpha value is -2.28. The van der Waals surface area contributed by atoms with Crippen molar-refractivity contribution >= 4 is 23.2 Å². The van der Waals surface area contributed by atoms with Gasteiger partial charge in [-0.15, -0.1) is 11.3 Å². The molecule has 0 saturated carbocycles. The van der Waals surface area contributed by atoms with Crippen LogP contribution in [0, 0.1) is 24.6 Å². The fourth-order valence-corrected chi connectivity index (χ4v) is 4.67. The number of aromatic nitrogens is 1. The van der Waals surface area contributed by atoms with E-state index < -0.39 is 0 Å². The molecule has 0 bridgehead atoms. The van der Waals surface area contributed by atoms with Gasteiger partial charge in [-0.2, -0.15) is 0 Å². The predicted molar refractivity (Wildman–Crippen MR) is 101 cm³/mol. The molecule has 1 aromatic carbocycles. The molecule has 0 spiro atoms. The van der Waals surface area contributed by atoms with Crippen molar-refractivity contribution in [2.24, 2.45) is 11.8 Å². The number of hydrogen-bond acceptors (Lipinski definition) is 4. The fourth-order valence-electron chi connectivity index (χ4n) is 4.07. The van der Waals surface area contributed by atoms with Crippen molar-refractivity contribution in [1.82, 2.24) is 14.8 Å². The molecule has 7 heteroatoms. The second-order valence-corrected chi connectivity index (χ2v) is 8.40. The number of hydrogen-bond donors (Lipinski definition) is 0. The molecule has 2 saturated heterocycles. The van der Waals surface area contributed by atoms with Crippen LogP contribution in [0.2, 0.25) is 0 Å². The molecule has 2 aliphatic rings. The average Bonchev–Trinajstić information content (AvgIpc) is 3.32. The maximum absolute atomic E-state index is 13.7. The highest BCUT2D eigenvalue weighted by atomic mass is 32.1. The van der Waals surface area contributed by atoms with Crippen molar-refractivity contribution in [2.45, 2.75) is 26.3 Å². The Kier molecular flexibility index (Phi) is 4.95. The smallest absolute Gasteiger partial charge is 0.228 e. The first-order valence-corrected chi connectivity index (χ1v) is 10.1. The summed E-state index contributed by atoms with van der Waals surface area (Å²) in [5, 5.41) is 3.00. The number of likely N-dealkylation sites (tertiary alicyclic amines) is 2. The number of thiazole rings is 1. The molecule has 2 aromatic rings. The highest BCUT2D eigenvalue weighted by Gasteiger charge is 2.47. The molecule has 0 radical (unpaired) electrons. The lowest BCUT2D eigenvalue weighted by Crippen LogP contribution is -2.35. The molecule has 0 unspecified atom stereocenters. The number of aryl methyl sites for hydroxylation is 2. The first-order valence-electron chi connectivity index (χ1n) is 9.22. The first-order chi connectivity index (χ1) is 13.0. The topological polar surface area (TPSA) is 53.5 Å². The molecule has 2 aliphatic heterocycles. The molecule has 5 nitrogen and oxygen atoms in total. The van der Waals surface area contributed by atoms with Crippen molar-refractivity contribution < 1.29 is 14.0 Å². The Bertz CT molecular complexity index is 868. The second-order valence-electron chi connectivity index (χ2n) is 7.33. The Morgan fingerprint density at radius 3 is 2.81 bits per heavy atom. The summed E-state index contributed by atoms with van der Waals surface area (Å²) in [5.41, 5.74) is 1.50. The number of rotatable bonds is 5. The van der Waals surface area contributed by atoms with E-state index >= 15 is 0 Å². The average molecular weight is 387 g/mol. The van der Waals surface area contributed by atoms with Crippen LogP contribution in [0.15, 0.2) is 29.6 Å². The van der Waals surface area contributed by atoms with Crippen molar-refractivity contribution in [2.75, 3.05) is 19.6 Å². The monoisotopic (exact) mass is 387 g/mol.